The zero-order chi connectivity index (χ0) is 13.9. The van der Waals surface area contributed by atoms with Gasteiger partial charge >= 0.3 is 0 Å². The highest BCUT2D eigenvalue weighted by Crippen LogP contribution is 2.23. The maximum atomic E-state index is 12.9. The zero-order valence-corrected chi connectivity index (χ0v) is 11.5. The topological polar surface area (TPSA) is 69.4 Å². The summed E-state index contributed by atoms with van der Waals surface area (Å²) in [6.45, 7) is 0.766. The summed E-state index contributed by atoms with van der Waals surface area (Å²) in [6.07, 6.45) is 3.49. The molecule has 1 aliphatic heterocycles. The maximum absolute atomic E-state index is 12.9. The minimum Gasteiger partial charge on any atom is -0.398 e. The van der Waals surface area contributed by atoms with E-state index in [1.54, 1.807) is 0 Å². The first-order valence-corrected chi connectivity index (χ1v) is 8.03. The Morgan fingerprint density at radius 3 is 2.84 bits per heavy atom. The molecule has 6 heteroatoms. The lowest BCUT2D eigenvalue weighted by atomic mass is 10.1. The van der Waals surface area contributed by atoms with Gasteiger partial charge in [-0.05, 0) is 43.9 Å². The van der Waals surface area contributed by atoms with Crippen molar-refractivity contribution in [2.75, 3.05) is 18.1 Å². The number of nitrogen functional groups attached to an aromatic ring is 1. The van der Waals surface area contributed by atoms with Gasteiger partial charge in [-0.15, -0.1) is 0 Å². The first-order chi connectivity index (χ1) is 8.99. The van der Waals surface area contributed by atoms with Gasteiger partial charge < -0.3 is 10.5 Å². The van der Waals surface area contributed by atoms with E-state index in [1.165, 1.54) is 6.07 Å². The molecule has 1 fully saturated rings. The Balaban J connectivity index is 1.97. The van der Waals surface area contributed by atoms with E-state index in [-0.39, 0.29) is 22.4 Å². The smallest absolute Gasteiger partial charge is 0.180 e. The molecule has 1 aromatic rings. The molecule has 1 unspecified atom stereocenters. The van der Waals surface area contributed by atoms with Crippen LogP contribution in [0.1, 0.15) is 25.7 Å². The van der Waals surface area contributed by atoms with Crippen LogP contribution in [0.4, 0.5) is 10.1 Å². The molecule has 0 bridgehead atoms. The molecule has 2 rings (SSSR count). The summed E-state index contributed by atoms with van der Waals surface area (Å²) >= 11 is 0. The van der Waals surface area contributed by atoms with E-state index in [0.717, 1.165) is 38.0 Å². The van der Waals surface area contributed by atoms with Crippen molar-refractivity contribution in [3.05, 3.63) is 24.0 Å². The molecule has 0 amide bonds. The van der Waals surface area contributed by atoms with Gasteiger partial charge in [-0.1, -0.05) is 0 Å². The van der Waals surface area contributed by atoms with Gasteiger partial charge in [0.1, 0.15) is 5.82 Å². The van der Waals surface area contributed by atoms with Crippen LogP contribution in [0.25, 0.3) is 0 Å². The van der Waals surface area contributed by atoms with Gasteiger partial charge in [-0.25, -0.2) is 12.8 Å². The van der Waals surface area contributed by atoms with Crippen LogP contribution >= 0.6 is 0 Å². The Kier molecular flexibility index (Phi) is 4.42. The van der Waals surface area contributed by atoms with E-state index >= 15 is 0 Å². The first kappa shape index (κ1) is 14.3. The lowest BCUT2D eigenvalue weighted by Gasteiger charge is -2.10. The number of rotatable bonds is 5. The van der Waals surface area contributed by atoms with Gasteiger partial charge in [0, 0.05) is 6.61 Å². The predicted octanol–water partition coefficient (Wildman–Crippen LogP) is 2.14. The molecule has 19 heavy (non-hydrogen) atoms. The van der Waals surface area contributed by atoms with Crippen LogP contribution in [0.5, 0.6) is 0 Å². The summed E-state index contributed by atoms with van der Waals surface area (Å²) in [7, 11) is -3.45. The van der Waals surface area contributed by atoms with Crippen LogP contribution in [0.3, 0.4) is 0 Å². The fourth-order valence-corrected chi connectivity index (χ4v) is 3.75. The monoisotopic (exact) mass is 287 g/mol. The van der Waals surface area contributed by atoms with E-state index in [2.05, 4.69) is 0 Å². The molecule has 0 aliphatic carbocycles. The van der Waals surface area contributed by atoms with E-state index in [4.69, 9.17) is 10.5 Å². The van der Waals surface area contributed by atoms with E-state index in [0.29, 0.717) is 6.42 Å². The predicted molar refractivity (Wildman–Crippen MR) is 71.1 cm³/mol. The van der Waals surface area contributed by atoms with E-state index < -0.39 is 15.7 Å². The number of anilines is 1. The molecule has 0 aromatic heterocycles. The average Bonchev–Trinajstić information content (AvgIpc) is 2.81. The second-order valence-corrected chi connectivity index (χ2v) is 6.86. The third kappa shape index (κ3) is 3.67. The molecule has 1 atom stereocenters. The third-order valence-electron chi connectivity index (χ3n) is 3.27. The molecule has 0 radical (unpaired) electrons. The number of sulfone groups is 1. The molecule has 106 valence electrons. The molecule has 2 N–H and O–H groups in total. The number of nitrogens with two attached hydrogens (primary N) is 1. The molecule has 1 aromatic carbocycles. The number of halogens is 1. The molecular formula is C13H18FNO3S. The SMILES string of the molecule is Nc1cc(F)ccc1S(=O)(=O)CCCC1CCCO1. The van der Waals surface area contributed by atoms with Crippen LogP contribution in [-0.4, -0.2) is 26.9 Å². The van der Waals surface area contributed by atoms with E-state index in [9.17, 15) is 12.8 Å². The maximum Gasteiger partial charge on any atom is 0.180 e. The standard InChI is InChI=1S/C13H18FNO3S/c14-10-5-6-13(12(15)9-10)19(16,17)8-2-4-11-3-1-7-18-11/h5-6,9,11H,1-4,7-8,15H2. The Morgan fingerprint density at radius 2 is 2.21 bits per heavy atom. The summed E-state index contributed by atoms with van der Waals surface area (Å²) in [5, 5.41) is 0. The molecule has 4 nitrogen and oxygen atoms in total. The van der Waals surface area contributed by atoms with Crippen molar-refractivity contribution in [2.24, 2.45) is 0 Å². The molecule has 0 saturated carbocycles. The van der Waals surface area contributed by atoms with Gasteiger partial charge in [0.05, 0.1) is 22.4 Å². The highest BCUT2D eigenvalue weighted by atomic mass is 32.2. The summed E-state index contributed by atoms with van der Waals surface area (Å²) in [5.74, 6) is -0.515. The third-order valence-corrected chi connectivity index (χ3v) is 5.14. The Labute approximate surface area is 112 Å². The Bertz CT molecular complexity index is 539. The lowest BCUT2D eigenvalue weighted by Crippen LogP contribution is -2.12. The van der Waals surface area contributed by atoms with Crippen molar-refractivity contribution in [1.29, 1.82) is 0 Å². The second kappa shape index (κ2) is 5.88. The van der Waals surface area contributed by atoms with E-state index in [1.807, 2.05) is 0 Å². The molecule has 0 spiro atoms. The van der Waals surface area contributed by atoms with Crippen molar-refractivity contribution in [2.45, 2.75) is 36.7 Å². The van der Waals surface area contributed by atoms with Crippen LogP contribution < -0.4 is 5.73 Å². The summed E-state index contributed by atoms with van der Waals surface area (Å²) in [5.41, 5.74) is 5.53. The van der Waals surface area contributed by atoms with Gasteiger partial charge in [0.15, 0.2) is 9.84 Å². The van der Waals surface area contributed by atoms with Crippen molar-refractivity contribution < 1.29 is 17.5 Å². The lowest BCUT2D eigenvalue weighted by molar-refractivity contribution is 0.104. The highest BCUT2D eigenvalue weighted by molar-refractivity contribution is 7.91. The van der Waals surface area contributed by atoms with Crippen LogP contribution in [0.15, 0.2) is 23.1 Å². The van der Waals surface area contributed by atoms with Gasteiger partial charge in [-0.2, -0.15) is 0 Å². The Morgan fingerprint density at radius 1 is 1.42 bits per heavy atom. The molecule has 1 aliphatic rings. The number of hydrogen-bond donors (Lipinski definition) is 1. The summed E-state index contributed by atoms with van der Waals surface area (Å²) in [4.78, 5) is 0.0150. The zero-order valence-electron chi connectivity index (χ0n) is 10.6. The Hall–Kier alpha value is -1.14. The summed E-state index contributed by atoms with van der Waals surface area (Å²) in [6, 6.07) is 3.38. The van der Waals surface area contributed by atoms with Gasteiger partial charge in [0.2, 0.25) is 0 Å². The van der Waals surface area contributed by atoms with Gasteiger partial charge in [0.25, 0.3) is 0 Å². The number of hydrogen-bond acceptors (Lipinski definition) is 4. The van der Waals surface area contributed by atoms with Crippen molar-refractivity contribution in [3.8, 4) is 0 Å². The fourth-order valence-electron chi connectivity index (χ4n) is 2.29. The van der Waals surface area contributed by atoms with Crippen molar-refractivity contribution in [3.63, 3.8) is 0 Å². The fraction of sp³-hybridized carbons (Fsp3) is 0.538. The van der Waals surface area contributed by atoms with Crippen molar-refractivity contribution in [1.82, 2.24) is 0 Å². The summed E-state index contributed by atoms with van der Waals surface area (Å²) < 4.78 is 42.5. The largest absolute Gasteiger partial charge is 0.398 e. The highest BCUT2D eigenvalue weighted by Gasteiger charge is 2.20. The molecule has 1 heterocycles. The minimum absolute atomic E-state index is 0.0150. The number of ether oxygens (including phenoxy) is 1. The first-order valence-electron chi connectivity index (χ1n) is 6.38. The molecule has 1 saturated heterocycles. The van der Waals surface area contributed by atoms with Gasteiger partial charge in [-0.3, -0.25) is 0 Å². The van der Waals surface area contributed by atoms with Crippen LogP contribution in [0.2, 0.25) is 0 Å². The normalized spacial score (nSPS) is 19.7. The van der Waals surface area contributed by atoms with Crippen molar-refractivity contribution >= 4 is 15.5 Å². The molecular weight excluding hydrogens is 269 g/mol. The quantitative estimate of drug-likeness (QED) is 0.665. The average molecular weight is 287 g/mol. The minimum atomic E-state index is -3.45. The second-order valence-electron chi connectivity index (χ2n) is 4.78. The number of benzene rings is 1. The van der Waals surface area contributed by atoms with Crippen LogP contribution in [0, 0.1) is 5.82 Å². The van der Waals surface area contributed by atoms with Crippen LogP contribution in [-0.2, 0) is 14.6 Å².